The van der Waals surface area contributed by atoms with Gasteiger partial charge in [-0.2, -0.15) is 0 Å². The van der Waals surface area contributed by atoms with E-state index in [0.29, 0.717) is 6.04 Å². The Kier molecular flexibility index (Phi) is 3.59. The van der Waals surface area contributed by atoms with Crippen molar-refractivity contribution in [1.29, 1.82) is 0 Å². The number of amides is 1. The van der Waals surface area contributed by atoms with E-state index in [2.05, 4.69) is 15.6 Å². The first-order valence-corrected chi connectivity index (χ1v) is 6.49. The number of anilines is 1. The summed E-state index contributed by atoms with van der Waals surface area (Å²) >= 11 is 0. The van der Waals surface area contributed by atoms with Gasteiger partial charge >= 0.3 is 0 Å². The Bertz CT molecular complexity index is 526. The van der Waals surface area contributed by atoms with Crippen molar-refractivity contribution in [3.8, 4) is 0 Å². The summed E-state index contributed by atoms with van der Waals surface area (Å²) in [5.41, 5.74) is -0.526. The van der Waals surface area contributed by atoms with E-state index in [1.807, 2.05) is 20.8 Å². The highest BCUT2D eigenvalue weighted by atomic mass is 16.2. The van der Waals surface area contributed by atoms with Crippen molar-refractivity contribution in [3.05, 3.63) is 22.7 Å². The summed E-state index contributed by atoms with van der Waals surface area (Å²) in [6, 6.07) is 0.323. The number of carbonyl (C=O) groups excluding carboxylic acids is 1. The lowest BCUT2D eigenvalue weighted by Gasteiger charge is -2.22. The third kappa shape index (κ3) is 3.56. The van der Waals surface area contributed by atoms with Crippen LogP contribution in [0.5, 0.6) is 0 Å². The molecule has 1 aliphatic rings. The lowest BCUT2D eigenvalue weighted by Crippen LogP contribution is -2.37. The Balaban J connectivity index is 2.04. The van der Waals surface area contributed by atoms with Gasteiger partial charge in [0.1, 0.15) is 0 Å². The van der Waals surface area contributed by atoms with Crippen LogP contribution in [0.15, 0.2) is 17.2 Å². The summed E-state index contributed by atoms with van der Waals surface area (Å²) < 4.78 is 1.60. The minimum absolute atomic E-state index is 0.0763. The molecule has 1 saturated carbocycles. The normalized spacial score (nSPS) is 15.1. The van der Waals surface area contributed by atoms with Gasteiger partial charge in [0.05, 0.1) is 6.54 Å². The molecule has 6 heteroatoms. The smallest absolute Gasteiger partial charge is 0.293 e. The molecule has 19 heavy (non-hydrogen) atoms. The zero-order valence-electron chi connectivity index (χ0n) is 11.6. The van der Waals surface area contributed by atoms with E-state index in [-0.39, 0.29) is 29.4 Å². The summed E-state index contributed by atoms with van der Waals surface area (Å²) in [6.07, 6.45) is 5.31. The molecule has 1 fully saturated rings. The Morgan fingerprint density at radius 2 is 2.16 bits per heavy atom. The van der Waals surface area contributed by atoms with E-state index in [4.69, 9.17) is 0 Å². The van der Waals surface area contributed by atoms with E-state index in [1.54, 1.807) is 17.0 Å². The van der Waals surface area contributed by atoms with E-state index in [9.17, 15) is 9.59 Å². The van der Waals surface area contributed by atoms with Gasteiger partial charge in [-0.25, -0.2) is 4.98 Å². The maximum Gasteiger partial charge on any atom is 0.293 e. The molecular weight excluding hydrogens is 244 g/mol. The van der Waals surface area contributed by atoms with Crippen LogP contribution in [0.3, 0.4) is 0 Å². The van der Waals surface area contributed by atoms with Crippen molar-refractivity contribution in [3.63, 3.8) is 0 Å². The fourth-order valence-electron chi connectivity index (χ4n) is 1.73. The highest BCUT2D eigenvalue weighted by Gasteiger charge is 2.23. The van der Waals surface area contributed by atoms with E-state index < -0.39 is 0 Å². The van der Waals surface area contributed by atoms with Crippen LogP contribution in [-0.4, -0.2) is 28.0 Å². The standard InChI is InChI=1S/C13H20N4O2/c1-13(2,3)17-7-6-14-11(12(17)19)15-8-10(18)16-9-4-5-9/h6-7,9H,4-5,8H2,1-3H3,(H,14,15)(H,16,18). The molecule has 1 heterocycles. The molecule has 1 aromatic heterocycles. The fraction of sp³-hybridized carbons (Fsp3) is 0.615. The molecule has 104 valence electrons. The van der Waals surface area contributed by atoms with Gasteiger partial charge in [0.15, 0.2) is 5.82 Å². The van der Waals surface area contributed by atoms with Crippen LogP contribution >= 0.6 is 0 Å². The molecule has 1 amide bonds. The molecule has 1 aliphatic carbocycles. The zero-order valence-corrected chi connectivity index (χ0v) is 11.6. The van der Waals surface area contributed by atoms with Crippen LogP contribution in [0.1, 0.15) is 33.6 Å². The first-order chi connectivity index (χ1) is 8.88. The third-order valence-corrected chi connectivity index (χ3v) is 2.92. The predicted molar refractivity (Wildman–Crippen MR) is 73.1 cm³/mol. The summed E-state index contributed by atoms with van der Waals surface area (Å²) in [4.78, 5) is 27.7. The molecule has 0 spiro atoms. The second kappa shape index (κ2) is 5.03. The predicted octanol–water partition coefficient (Wildman–Crippen LogP) is 0.689. The fourth-order valence-corrected chi connectivity index (χ4v) is 1.73. The van der Waals surface area contributed by atoms with E-state index in [1.165, 1.54) is 0 Å². The first-order valence-electron chi connectivity index (χ1n) is 6.49. The number of aromatic nitrogens is 2. The van der Waals surface area contributed by atoms with Crippen LogP contribution in [0.25, 0.3) is 0 Å². The number of nitrogens with zero attached hydrogens (tertiary/aromatic N) is 2. The number of hydrogen-bond acceptors (Lipinski definition) is 4. The average Bonchev–Trinajstić information content (AvgIpc) is 3.10. The lowest BCUT2D eigenvalue weighted by molar-refractivity contribution is -0.119. The van der Waals surface area contributed by atoms with E-state index in [0.717, 1.165) is 12.8 Å². The lowest BCUT2D eigenvalue weighted by atomic mass is 10.1. The minimum atomic E-state index is -0.313. The molecule has 0 saturated heterocycles. The molecule has 6 nitrogen and oxygen atoms in total. The van der Waals surface area contributed by atoms with Gasteiger partial charge in [0, 0.05) is 24.0 Å². The summed E-state index contributed by atoms with van der Waals surface area (Å²) in [5, 5.41) is 5.65. The van der Waals surface area contributed by atoms with Crippen LogP contribution in [0, 0.1) is 0 Å². The van der Waals surface area contributed by atoms with Crippen molar-refractivity contribution in [2.45, 2.75) is 45.2 Å². The summed E-state index contributed by atoms with van der Waals surface area (Å²) in [6.45, 7) is 5.90. The molecule has 0 bridgehead atoms. The summed E-state index contributed by atoms with van der Waals surface area (Å²) in [5.74, 6) is 0.109. The zero-order chi connectivity index (χ0) is 14.0. The van der Waals surface area contributed by atoms with Gasteiger partial charge in [-0.3, -0.25) is 9.59 Å². The minimum Gasteiger partial charge on any atom is -0.356 e. The monoisotopic (exact) mass is 264 g/mol. The number of carbonyl (C=O) groups is 1. The topological polar surface area (TPSA) is 76.0 Å². The first kappa shape index (κ1) is 13.6. The molecule has 0 radical (unpaired) electrons. The summed E-state index contributed by atoms with van der Waals surface area (Å²) in [7, 11) is 0. The van der Waals surface area contributed by atoms with Gasteiger partial charge in [-0.15, -0.1) is 0 Å². The largest absolute Gasteiger partial charge is 0.356 e. The molecule has 0 atom stereocenters. The maximum atomic E-state index is 12.2. The molecule has 0 unspecified atom stereocenters. The molecule has 0 aliphatic heterocycles. The van der Waals surface area contributed by atoms with Crippen molar-refractivity contribution in [2.24, 2.45) is 0 Å². The molecule has 2 N–H and O–H groups in total. The van der Waals surface area contributed by atoms with Crippen molar-refractivity contribution in [2.75, 3.05) is 11.9 Å². The van der Waals surface area contributed by atoms with Gasteiger partial charge in [-0.1, -0.05) is 0 Å². The van der Waals surface area contributed by atoms with Gasteiger partial charge in [-0.05, 0) is 33.6 Å². The van der Waals surface area contributed by atoms with E-state index >= 15 is 0 Å². The number of nitrogens with one attached hydrogen (secondary N) is 2. The van der Waals surface area contributed by atoms with Crippen molar-refractivity contribution >= 4 is 11.7 Å². The van der Waals surface area contributed by atoms with Crippen molar-refractivity contribution in [1.82, 2.24) is 14.9 Å². The highest BCUT2D eigenvalue weighted by Crippen LogP contribution is 2.18. The number of hydrogen-bond donors (Lipinski definition) is 2. The Morgan fingerprint density at radius 3 is 2.74 bits per heavy atom. The average molecular weight is 264 g/mol. The number of rotatable bonds is 4. The van der Waals surface area contributed by atoms with Crippen LogP contribution in [0.2, 0.25) is 0 Å². The second-order valence-corrected chi connectivity index (χ2v) is 5.82. The Labute approximate surface area is 112 Å². The third-order valence-electron chi connectivity index (χ3n) is 2.92. The maximum absolute atomic E-state index is 12.2. The SMILES string of the molecule is CC(C)(C)n1ccnc(NCC(=O)NC2CC2)c1=O. The molecular formula is C13H20N4O2. The molecule has 0 aromatic carbocycles. The quantitative estimate of drug-likeness (QED) is 0.839. The van der Waals surface area contributed by atoms with Gasteiger partial charge in [0.25, 0.3) is 5.56 Å². The highest BCUT2D eigenvalue weighted by molar-refractivity contribution is 5.80. The molecule has 1 aromatic rings. The van der Waals surface area contributed by atoms with Gasteiger partial charge < -0.3 is 15.2 Å². The van der Waals surface area contributed by atoms with Gasteiger partial charge in [0.2, 0.25) is 5.91 Å². The molecule has 2 rings (SSSR count). The Morgan fingerprint density at radius 1 is 1.47 bits per heavy atom. The van der Waals surface area contributed by atoms with Crippen LogP contribution in [-0.2, 0) is 10.3 Å². The van der Waals surface area contributed by atoms with Crippen LogP contribution in [0.4, 0.5) is 5.82 Å². The van der Waals surface area contributed by atoms with Crippen LogP contribution < -0.4 is 16.2 Å². The Hall–Kier alpha value is -1.85. The van der Waals surface area contributed by atoms with Crippen molar-refractivity contribution < 1.29 is 4.79 Å². The second-order valence-electron chi connectivity index (χ2n) is 5.82.